The van der Waals surface area contributed by atoms with Gasteiger partial charge in [-0.3, -0.25) is 4.79 Å². The topological polar surface area (TPSA) is 290 Å². The van der Waals surface area contributed by atoms with Crippen LogP contribution in [0.25, 0.3) is 22.3 Å². The fraction of sp³-hybridized carbons (Fsp3) is 0.423. The first-order valence-electron chi connectivity index (χ1n) is 12.7. The number of phenols is 5. The Hall–Kier alpha value is -3.91. The molecule has 0 amide bonds. The van der Waals surface area contributed by atoms with Crippen LogP contribution in [0.3, 0.4) is 0 Å². The van der Waals surface area contributed by atoms with Gasteiger partial charge in [0.1, 0.15) is 59.1 Å². The number of benzene rings is 2. The van der Waals surface area contributed by atoms with E-state index in [4.69, 9.17) is 23.4 Å². The number of ether oxygens (including phenoxy) is 4. The molecule has 1 aromatic heterocycles. The summed E-state index contributed by atoms with van der Waals surface area (Å²) >= 11 is 0. The van der Waals surface area contributed by atoms with E-state index in [2.05, 4.69) is 0 Å². The lowest BCUT2D eigenvalue weighted by Gasteiger charge is -2.44. The van der Waals surface area contributed by atoms with Gasteiger partial charge < -0.3 is 79.5 Å². The average Bonchev–Trinajstić information content (AvgIpc) is 2.95. The van der Waals surface area contributed by atoms with Crippen molar-refractivity contribution in [1.29, 1.82) is 0 Å². The standard InChI is InChI=1S/C26H28O17/c27-5-14-18(35)20(37)24(43-25-21(38)17(34)12(32)6-39-25)26(41-14)42-23-19(36)15-9(29)3-8(28)4-13(15)40-22(23)7-1-10(30)16(33)11(31)2-7/h1-4,12,14,17-18,20-21,24-35,37-38H,5-6H2. The van der Waals surface area contributed by atoms with Gasteiger partial charge in [-0.2, -0.15) is 0 Å². The maximum Gasteiger partial charge on any atom is 0.239 e. The Morgan fingerprint density at radius 3 is 2.14 bits per heavy atom. The third kappa shape index (κ3) is 5.49. The average molecular weight is 612 g/mol. The molecule has 2 saturated heterocycles. The van der Waals surface area contributed by atoms with Crippen molar-refractivity contribution in [3.63, 3.8) is 0 Å². The van der Waals surface area contributed by atoms with Crippen LogP contribution in [0, 0.1) is 0 Å². The van der Waals surface area contributed by atoms with Crippen LogP contribution >= 0.6 is 0 Å². The number of phenolic OH excluding ortho intramolecular Hbond substituents is 5. The van der Waals surface area contributed by atoms with Gasteiger partial charge in [0.25, 0.3) is 0 Å². The SMILES string of the molecule is O=c1c(OC2OC(CO)C(O)C(O)C2OC2OCC(O)C(O)C2O)c(-c2cc(O)c(O)c(O)c2)oc2cc(O)cc(O)c12. The van der Waals surface area contributed by atoms with E-state index in [9.17, 15) is 61.0 Å². The lowest BCUT2D eigenvalue weighted by molar-refractivity contribution is -0.345. The molecule has 9 atom stereocenters. The normalized spacial score (nSPS) is 31.3. The van der Waals surface area contributed by atoms with Crippen LogP contribution in [0.4, 0.5) is 0 Å². The molecule has 0 spiro atoms. The monoisotopic (exact) mass is 612 g/mol. The van der Waals surface area contributed by atoms with E-state index < -0.39 is 120 Å². The Labute approximate surface area is 239 Å². The Kier molecular flexibility index (Phi) is 8.27. The van der Waals surface area contributed by atoms with Crippen molar-refractivity contribution >= 4 is 11.0 Å². The second kappa shape index (κ2) is 11.6. The quantitative estimate of drug-likeness (QED) is 0.130. The van der Waals surface area contributed by atoms with Crippen molar-refractivity contribution < 1.29 is 79.5 Å². The van der Waals surface area contributed by atoms with Crippen molar-refractivity contribution in [1.82, 2.24) is 0 Å². The van der Waals surface area contributed by atoms with Crippen molar-refractivity contribution in [2.45, 2.75) is 55.3 Å². The van der Waals surface area contributed by atoms with E-state index in [1.807, 2.05) is 0 Å². The van der Waals surface area contributed by atoms with Gasteiger partial charge in [0.15, 0.2) is 35.4 Å². The summed E-state index contributed by atoms with van der Waals surface area (Å²) in [5.41, 5.74) is -1.78. The third-order valence-electron chi connectivity index (χ3n) is 7.05. The van der Waals surface area contributed by atoms with Gasteiger partial charge in [0.05, 0.1) is 13.2 Å². The number of hydrogen-bond acceptors (Lipinski definition) is 17. The highest BCUT2D eigenvalue weighted by atomic mass is 16.8. The molecule has 2 aliphatic heterocycles. The largest absolute Gasteiger partial charge is 0.508 e. The number of fused-ring (bicyclic) bond motifs is 1. The number of aromatic hydroxyl groups is 5. The molecule has 0 saturated carbocycles. The van der Waals surface area contributed by atoms with Gasteiger partial charge in [0, 0.05) is 17.7 Å². The first-order chi connectivity index (χ1) is 20.3. The molecule has 11 N–H and O–H groups in total. The first kappa shape index (κ1) is 30.5. The molecule has 3 aromatic rings. The molecule has 0 bridgehead atoms. The Balaban J connectivity index is 1.64. The van der Waals surface area contributed by atoms with Gasteiger partial charge in [-0.25, -0.2) is 0 Å². The van der Waals surface area contributed by atoms with Crippen LogP contribution in [-0.4, -0.2) is 125 Å². The van der Waals surface area contributed by atoms with E-state index in [1.165, 1.54) is 0 Å². The fourth-order valence-corrected chi connectivity index (χ4v) is 4.77. The van der Waals surface area contributed by atoms with Crippen LogP contribution < -0.4 is 10.2 Å². The molecule has 17 heteroatoms. The maximum atomic E-state index is 13.7. The lowest BCUT2D eigenvalue weighted by atomic mass is 9.98. The number of hydrogen-bond donors (Lipinski definition) is 11. The second-order valence-corrected chi connectivity index (χ2v) is 9.97. The summed E-state index contributed by atoms with van der Waals surface area (Å²) in [6.07, 6.45) is -15.8. The van der Waals surface area contributed by atoms with Gasteiger partial charge in [-0.05, 0) is 12.1 Å². The highest BCUT2D eigenvalue weighted by Crippen LogP contribution is 2.43. The van der Waals surface area contributed by atoms with E-state index in [0.29, 0.717) is 0 Å². The van der Waals surface area contributed by atoms with Crippen molar-refractivity contribution in [2.75, 3.05) is 13.2 Å². The second-order valence-electron chi connectivity index (χ2n) is 9.97. The minimum Gasteiger partial charge on any atom is -0.508 e. The molecule has 5 rings (SSSR count). The summed E-state index contributed by atoms with van der Waals surface area (Å²) in [6.45, 7) is -1.37. The van der Waals surface area contributed by atoms with E-state index in [1.54, 1.807) is 0 Å². The zero-order valence-electron chi connectivity index (χ0n) is 21.8. The van der Waals surface area contributed by atoms with Gasteiger partial charge in [-0.15, -0.1) is 0 Å². The summed E-state index contributed by atoms with van der Waals surface area (Å²) < 4.78 is 27.8. The fourth-order valence-electron chi connectivity index (χ4n) is 4.77. The van der Waals surface area contributed by atoms with E-state index >= 15 is 0 Å². The summed E-state index contributed by atoms with van der Waals surface area (Å²) in [6, 6.07) is 3.54. The molecule has 43 heavy (non-hydrogen) atoms. The predicted molar refractivity (Wildman–Crippen MR) is 137 cm³/mol. The zero-order chi connectivity index (χ0) is 31.3. The molecular formula is C26H28O17. The highest BCUT2D eigenvalue weighted by Gasteiger charge is 2.50. The molecule has 2 aromatic carbocycles. The Morgan fingerprint density at radius 2 is 1.49 bits per heavy atom. The van der Waals surface area contributed by atoms with Crippen LogP contribution in [0.1, 0.15) is 0 Å². The summed E-state index contributed by atoms with van der Waals surface area (Å²) in [5, 5.41) is 111. The molecule has 17 nitrogen and oxygen atoms in total. The number of aliphatic hydroxyl groups excluding tert-OH is 6. The van der Waals surface area contributed by atoms with E-state index in [-0.39, 0.29) is 11.1 Å². The minimum absolute atomic E-state index is 0.277. The highest BCUT2D eigenvalue weighted by molar-refractivity contribution is 5.88. The summed E-state index contributed by atoms with van der Waals surface area (Å²) in [7, 11) is 0. The van der Waals surface area contributed by atoms with Gasteiger partial charge in [0.2, 0.25) is 17.5 Å². The maximum absolute atomic E-state index is 13.7. The number of aliphatic hydroxyl groups is 6. The summed E-state index contributed by atoms with van der Waals surface area (Å²) in [5.74, 6) is -5.23. The first-order valence-corrected chi connectivity index (χ1v) is 12.7. The molecule has 2 fully saturated rings. The van der Waals surface area contributed by atoms with Gasteiger partial charge in [-0.1, -0.05) is 0 Å². The molecule has 0 aliphatic carbocycles. The van der Waals surface area contributed by atoms with Crippen LogP contribution in [0.15, 0.2) is 33.5 Å². The van der Waals surface area contributed by atoms with Crippen molar-refractivity contribution in [3.05, 3.63) is 34.5 Å². The Bertz CT molecular complexity index is 1530. The predicted octanol–water partition coefficient (Wildman–Crippen LogP) is -2.37. The van der Waals surface area contributed by atoms with Crippen LogP contribution in [-0.2, 0) is 14.2 Å². The molecule has 3 heterocycles. The smallest absolute Gasteiger partial charge is 0.239 e. The van der Waals surface area contributed by atoms with Crippen molar-refractivity contribution in [3.8, 4) is 45.8 Å². The molecule has 0 radical (unpaired) electrons. The van der Waals surface area contributed by atoms with Gasteiger partial charge >= 0.3 is 0 Å². The Morgan fingerprint density at radius 1 is 0.814 bits per heavy atom. The molecule has 9 unspecified atom stereocenters. The molecule has 2 aliphatic rings. The number of rotatable bonds is 6. The minimum atomic E-state index is -1.95. The lowest BCUT2D eigenvalue weighted by Crippen LogP contribution is -2.64. The summed E-state index contributed by atoms with van der Waals surface area (Å²) in [4.78, 5) is 13.7. The molecular weight excluding hydrogens is 584 g/mol. The van der Waals surface area contributed by atoms with E-state index in [0.717, 1.165) is 24.3 Å². The molecule has 234 valence electrons. The third-order valence-corrected chi connectivity index (χ3v) is 7.05. The van der Waals surface area contributed by atoms with Crippen LogP contribution in [0.2, 0.25) is 0 Å². The zero-order valence-corrected chi connectivity index (χ0v) is 21.8. The van der Waals surface area contributed by atoms with Crippen molar-refractivity contribution in [2.24, 2.45) is 0 Å². The van der Waals surface area contributed by atoms with Crippen LogP contribution in [0.5, 0.6) is 34.5 Å².